The molecule has 3 rings (SSSR count). The third kappa shape index (κ3) is 2.07. The first-order chi connectivity index (χ1) is 9.00. The topological polar surface area (TPSA) is 33.4 Å². The van der Waals surface area contributed by atoms with Gasteiger partial charge in [-0.05, 0) is 48.9 Å². The zero-order chi connectivity index (χ0) is 13.6. The van der Waals surface area contributed by atoms with Crippen molar-refractivity contribution in [1.82, 2.24) is 0 Å². The largest absolute Gasteiger partial charge is 0.458 e. The Morgan fingerprint density at radius 3 is 2.89 bits per heavy atom. The third-order valence-corrected chi connectivity index (χ3v) is 4.96. The minimum atomic E-state index is -0.844. The molecule has 102 valence electrons. The standard InChI is InChI=1S/C16H19ClO2/c1-10-4-3-7-16(18,11(10)2)15-9-12-8-13(17)5-6-14(12)19-15/h5-6,8-11,18H,3-4,7H2,1-2H3. The summed E-state index contributed by atoms with van der Waals surface area (Å²) in [6.07, 6.45) is 2.99. The highest BCUT2D eigenvalue weighted by Gasteiger charge is 2.43. The number of rotatable bonds is 1. The Balaban J connectivity index is 2.07. The van der Waals surface area contributed by atoms with Crippen LogP contribution in [0.25, 0.3) is 11.0 Å². The first kappa shape index (κ1) is 13.0. The quantitative estimate of drug-likeness (QED) is 0.818. The van der Waals surface area contributed by atoms with E-state index in [1.54, 1.807) is 0 Å². The molecular formula is C16H19ClO2. The van der Waals surface area contributed by atoms with Gasteiger partial charge in [-0.15, -0.1) is 0 Å². The number of furan rings is 1. The van der Waals surface area contributed by atoms with Crippen molar-refractivity contribution in [2.75, 3.05) is 0 Å². The lowest BCUT2D eigenvalue weighted by Crippen LogP contribution is -2.40. The van der Waals surface area contributed by atoms with Gasteiger partial charge in [0.05, 0.1) is 0 Å². The van der Waals surface area contributed by atoms with Crippen molar-refractivity contribution in [3.63, 3.8) is 0 Å². The van der Waals surface area contributed by atoms with E-state index in [0.29, 0.717) is 16.7 Å². The van der Waals surface area contributed by atoms with Crippen LogP contribution in [0.5, 0.6) is 0 Å². The van der Waals surface area contributed by atoms with Crippen LogP contribution in [0.2, 0.25) is 5.02 Å². The average Bonchev–Trinajstić information content (AvgIpc) is 2.79. The lowest BCUT2D eigenvalue weighted by atomic mass is 9.69. The molecule has 1 N–H and O–H groups in total. The van der Waals surface area contributed by atoms with Crippen LogP contribution in [0, 0.1) is 11.8 Å². The maximum atomic E-state index is 11.0. The molecule has 0 spiro atoms. The molecule has 0 aliphatic heterocycles. The van der Waals surface area contributed by atoms with Crippen LogP contribution < -0.4 is 0 Å². The van der Waals surface area contributed by atoms with E-state index < -0.39 is 5.60 Å². The van der Waals surface area contributed by atoms with Crippen LogP contribution in [0.15, 0.2) is 28.7 Å². The molecule has 1 aromatic heterocycles. The average molecular weight is 279 g/mol. The molecule has 1 heterocycles. The maximum absolute atomic E-state index is 11.0. The first-order valence-corrected chi connectivity index (χ1v) is 7.30. The molecule has 0 radical (unpaired) electrons. The van der Waals surface area contributed by atoms with Gasteiger partial charge >= 0.3 is 0 Å². The summed E-state index contributed by atoms with van der Waals surface area (Å²) in [4.78, 5) is 0. The van der Waals surface area contributed by atoms with Crippen molar-refractivity contribution in [3.8, 4) is 0 Å². The van der Waals surface area contributed by atoms with E-state index in [0.717, 1.165) is 23.8 Å². The summed E-state index contributed by atoms with van der Waals surface area (Å²) < 4.78 is 5.88. The molecule has 1 aliphatic carbocycles. The highest BCUT2D eigenvalue weighted by atomic mass is 35.5. The molecule has 1 fully saturated rings. The normalized spacial score (nSPS) is 31.8. The SMILES string of the molecule is CC1CCCC(O)(c2cc3cc(Cl)ccc3o2)C1C. The molecule has 0 bridgehead atoms. The van der Waals surface area contributed by atoms with Crippen molar-refractivity contribution in [2.24, 2.45) is 11.8 Å². The summed E-state index contributed by atoms with van der Waals surface area (Å²) in [7, 11) is 0. The fourth-order valence-corrected chi connectivity index (χ4v) is 3.40. The van der Waals surface area contributed by atoms with Crippen molar-refractivity contribution in [3.05, 3.63) is 35.0 Å². The van der Waals surface area contributed by atoms with Gasteiger partial charge < -0.3 is 9.52 Å². The monoisotopic (exact) mass is 278 g/mol. The van der Waals surface area contributed by atoms with Gasteiger partial charge in [-0.2, -0.15) is 0 Å². The molecule has 3 atom stereocenters. The van der Waals surface area contributed by atoms with E-state index in [9.17, 15) is 5.11 Å². The number of hydrogen-bond acceptors (Lipinski definition) is 2. The van der Waals surface area contributed by atoms with E-state index in [4.69, 9.17) is 16.0 Å². The lowest BCUT2D eigenvalue weighted by Gasteiger charge is -2.40. The van der Waals surface area contributed by atoms with Crippen LogP contribution in [-0.2, 0) is 5.60 Å². The second-order valence-corrected chi connectivity index (χ2v) is 6.31. The molecule has 1 aliphatic rings. The Morgan fingerprint density at radius 2 is 2.11 bits per heavy atom. The second kappa shape index (κ2) is 4.53. The minimum absolute atomic E-state index is 0.206. The zero-order valence-corrected chi connectivity index (χ0v) is 12.1. The Labute approximate surface area is 118 Å². The predicted molar refractivity (Wildman–Crippen MR) is 77.3 cm³/mol. The summed E-state index contributed by atoms with van der Waals surface area (Å²) in [5, 5.41) is 12.7. The van der Waals surface area contributed by atoms with E-state index in [2.05, 4.69) is 13.8 Å². The van der Waals surface area contributed by atoms with Crippen molar-refractivity contribution < 1.29 is 9.52 Å². The number of halogens is 1. The van der Waals surface area contributed by atoms with Crippen LogP contribution >= 0.6 is 11.6 Å². The highest BCUT2D eigenvalue weighted by molar-refractivity contribution is 6.31. The van der Waals surface area contributed by atoms with Gasteiger partial charge in [-0.3, -0.25) is 0 Å². The molecule has 3 heteroatoms. The van der Waals surface area contributed by atoms with Gasteiger partial charge in [0.2, 0.25) is 0 Å². The Hall–Kier alpha value is -0.990. The summed E-state index contributed by atoms with van der Waals surface area (Å²) in [6, 6.07) is 7.50. The predicted octanol–water partition coefficient (Wildman–Crippen LogP) is 4.73. The molecule has 2 nitrogen and oxygen atoms in total. The summed E-state index contributed by atoms with van der Waals surface area (Å²) in [6.45, 7) is 4.32. The number of aliphatic hydroxyl groups is 1. The van der Waals surface area contributed by atoms with Gasteiger partial charge in [-0.25, -0.2) is 0 Å². The molecule has 1 saturated carbocycles. The van der Waals surface area contributed by atoms with Gasteiger partial charge in [0, 0.05) is 10.4 Å². The summed E-state index contributed by atoms with van der Waals surface area (Å²) >= 11 is 6.00. The van der Waals surface area contributed by atoms with Gasteiger partial charge in [0.25, 0.3) is 0 Å². The minimum Gasteiger partial charge on any atom is -0.458 e. The summed E-state index contributed by atoms with van der Waals surface area (Å²) in [5.74, 6) is 1.40. The van der Waals surface area contributed by atoms with Gasteiger partial charge in [-0.1, -0.05) is 31.9 Å². The Bertz CT molecular complexity index is 604. The maximum Gasteiger partial charge on any atom is 0.137 e. The van der Waals surface area contributed by atoms with Crippen molar-refractivity contribution in [1.29, 1.82) is 0 Å². The summed E-state index contributed by atoms with van der Waals surface area (Å²) in [5.41, 5.74) is -0.0540. The van der Waals surface area contributed by atoms with Crippen LogP contribution in [0.1, 0.15) is 38.9 Å². The van der Waals surface area contributed by atoms with Crippen molar-refractivity contribution >= 4 is 22.6 Å². The smallest absolute Gasteiger partial charge is 0.137 e. The highest BCUT2D eigenvalue weighted by Crippen LogP contribution is 2.45. The zero-order valence-electron chi connectivity index (χ0n) is 11.3. The molecular weight excluding hydrogens is 260 g/mol. The third-order valence-electron chi connectivity index (χ3n) is 4.73. The Morgan fingerprint density at radius 1 is 1.32 bits per heavy atom. The van der Waals surface area contributed by atoms with E-state index in [1.807, 2.05) is 24.3 Å². The Kier molecular flexibility index (Phi) is 3.11. The number of fused-ring (bicyclic) bond motifs is 1. The molecule has 0 saturated heterocycles. The fourth-order valence-electron chi connectivity index (χ4n) is 3.22. The van der Waals surface area contributed by atoms with Gasteiger partial charge in [0.15, 0.2) is 0 Å². The van der Waals surface area contributed by atoms with Crippen molar-refractivity contribution in [2.45, 2.75) is 38.7 Å². The fraction of sp³-hybridized carbons (Fsp3) is 0.500. The molecule has 2 aromatic rings. The van der Waals surface area contributed by atoms with Crippen LogP contribution in [0.3, 0.4) is 0 Å². The number of hydrogen-bond donors (Lipinski definition) is 1. The number of benzene rings is 1. The first-order valence-electron chi connectivity index (χ1n) is 6.92. The van der Waals surface area contributed by atoms with E-state index in [1.165, 1.54) is 6.42 Å². The lowest BCUT2D eigenvalue weighted by molar-refractivity contribution is -0.0830. The molecule has 19 heavy (non-hydrogen) atoms. The second-order valence-electron chi connectivity index (χ2n) is 5.88. The van der Waals surface area contributed by atoms with Gasteiger partial charge in [0.1, 0.15) is 16.9 Å². The molecule has 1 aromatic carbocycles. The molecule has 3 unspecified atom stereocenters. The van der Waals surface area contributed by atoms with E-state index in [-0.39, 0.29) is 5.92 Å². The van der Waals surface area contributed by atoms with Crippen LogP contribution in [0.4, 0.5) is 0 Å². The van der Waals surface area contributed by atoms with E-state index >= 15 is 0 Å². The molecule has 0 amide bonds. The van der Waals surface area contributed by atoms with Crippen LogP contribution in [-0.4, -0.2) is 5.11 Å².